The Labute approximate surface area is 103 Å². The SMILES string of the molecule is COc1ccc(C2NC3CCCCC3N2)cc1. The molecule has 1 heterocycles. The lowest BCUT2D eigenvalue weighted by Crippen LogP contribution is -2.36. The van der Waals surface area contributed by atoms with Crippen molar-refractivity contribution in [3.63, 3.8) is 0 Å². The number of hydrogen-bond donors (Lipinski definition) is 2. The Bertz CT molecular complexity index is 362. The molecule has 1 aliphatic carbocycles. The first-order valence-corrected chi connectivity index (χ1v) is 6.53. The molecule has 2 unspecified atom stereocenters. The van der Waals surface area contributed by atoms with Gasteiger partial charge in [-0.05, 0) is 30.5 Å². The molecule has 2 atom stereocenters. The van der Waals surface area contributed by atoms with E-state index in [0.29, 0.717) is 18.2 Å². The minimum atomic E-state index is 0.314. The fourth-order valence-corrected chi connectivity index (χ4v) is 2.99. The summed E-state index contributed by atoms with van der Waals surface area (Å²) in [4.78, 5) is 0. The summed E-state index contributed by atoms with van der Waals surface area (Å²) in [6.07, 6.45) is 5.67. The number of fused-ring (bicyclic) bond motifs is 1. The summed E-state index contributed by atoms with van der Waals surface area (Å²) in [6.45, 7) is 0. The molecule has 2 aliphatic rings. The second-order valence-corrected chi connectivity index (χ2v) is 5.04. The lowest BCUT2D eigenvalue weighted by Gasteiger charge is -2.23. The second-order valence-electron chi connectivity index (χ2n) is 5.04. The average Bonchev–Trinajstić information content (AvgIpc) is 2.82. The molecule has 92 valence electrons. The van der Waals surface area contributed by atoms with Crippen LogP contribution >= 0.6 is 0 Å². The summed E-state index contributed by atoms with van der Waals surface area (Å²) in [6, 6.07) is 9.66. The molecule has 1 saturated carbocycles. The molecule has 1 aromatic carbocycles. The maximum absolute atomic E-state index is 5.19. The topological polar surface area (TPSA) is 33.3 Å². The van der Waals surface area contributed by atoms with Gasteiger partial charge in [0.2, 0.25) is 0 Å². The minimum absolute atomic E-state index is 0.314. The average molecular weight is 232 g/mol. The first-order valence-electron chi connectivity index (χ1n) is 6.53. The number of hydrogen-bond acceptors (Lipinski definition) is 3. The predicted molar refractivity (Wildman–Crippen MR) is 68.1 cm³/mol. The third-order valence-electron chi connectivity index (χ3n) is 3.98. The summed E-state index contributed by atoms with van der Waals surface area (Å²) in [5.74, 6) is 0.921. The van der Waals surface area contributed by atoms with Gasteiger partial charge >= 0.3 is 0 Å². The molecule has 0 aromatic heterocycles. The van der Waals surface area contributed by atoms with Crippen molar-refractivity contribution in [3.05, 3.63) is 29.8 Å². The number of rotatable bonds is 2. The van der Waals surface area contributed by atoms with Crippen molar-refractivity contribution in [1.82, 2.24) is 10.6 Å². The van der Waals surface area contributed by atoms with Gasteiger partial charge in [0.25, 0.3) is 0 Å². The highest BCUT2D eigenvalue weighted by molar-refractivity contribution is 5.29. The minimum Gasteiger partial charge on any atom is -0.497 e. The Morgan fingerprint density at radius 3 is 2.12 bits per heavy atom. The number of ether oxygens (including phenoxy) is 1. The third kappa shape index (κ3) is 2.17. The third-order valence-corrected chi connectivity index (χ3v) is 3.98. The fourth-order valence-electron chi connectivity index (χ4n) is 2.99. The van der Waals surface area contributed by atoms with Crippen LogP contribution in [0.1, 0.15) is 37.4 Å². The number of methoxy groups -OCH3 is 1. The van der Waals surface area contributed by atoms with Crippen molar-refractivity contribution in [3.8, 4) is 5.75 Å². The first kappa shape index (κ1) is 11.1. The van der Waals surface area contributed by atoms with Crippen LogP contribution in [0.5, 0.6) is 5.75 Å². The molecular formula is C14H20N2O. The monoisotopic (exact) mass is 232 g/mol. The quantitative estimate of drug-likeness (QED) is 0.820. The lowest BCUT2D eigenvalue weighted by atomic mass is 9.92. The van der Waals surface area contributed by atoms with E-state index in [1.165, 1.54) is 31.2 Å². The highest BCUT2D eigenvalue weighted by atomic mass is 16.5. The maximum Gasteiger partial charge on any atom is 0.118 e. The van der Waals surface area contributed by atoms with Crippen molar-refractivity contribution in [2.24, 2.45) is 0 Å². The van der Waals surface area contributed by atoms with Gasteiger partial charge in [0.1, 0.15) is 5.75 Å². The molecule has 1 aliphatic heterocycles. The van der Waals surface area contributed by atoms with Crippen molar-refractivity contribution < 1.29 is 4.74 Å². The van der Waals surface area contributed by atoms with E-state index in [9.17, 15) is 0 Å². The van der Waals surface area contributed by atoms with Gasteiger partial charge in [-0.3, -0.25) is 10.6 Å². The van der Waals surface area contributed by atoms with Crippen LogP contribution in [-0.2, 0) is 0 Å². The molecule has 3 heteroatoms. The summed E-state index contributed by atoms with van der Waals surface area (Å²) in [5.41, 5.74) is 1.31. The van der Waals surface area contributed by atoms with Gasteiger partial charge in [0.15, 0.2) is 0 Å². The highest BCUT2D eigenvalue weighted by Gasteiger charge is 2.34. The maximum atomic E-state index is 5.19. The van der Waals surface area contributed by atoms with Gasteiger partial charge in [-0.25, -0.2) is 0 Å². The van der Waals surface area contributed by atoms with Crippen molar-refractivity contribution in [2.45, 2.75) is 43.9 Å². The van der Waals surface area contributed by atoms with Gasteiger partial charge < -0.3 is 4.74 Å². The van der Waals surface area contributed by atoms with Gasteiger partial charge in [-0.15, -0.1) is 0 Å². The fraction of sp³-hybridized carbons (Fsp3) is 0.571. The molecule has 0 spiro atoms. The molecule has 17 heavy (non-hydrogen) atoms. The normalized spacial score (nSPS) is 32.2. The highest BCUT2D eigenvalue weighted by Crippen LogP contribution is 2.28. The molecule has 3 nitrogen and oxygen atoms in total. The van der Waals surface area contributed by atoms with Gasteiger partial charge in [-0.1, -0.05) is 25.0 Å². The predicted octanol–water partition coefficient (Wildman–Crippen LogP) is 2.20. The number of nitrogens with one attached hydrogen (secondary N) is 2. The van der Waals surface area contributed by atoms with E-state index in [1.54, 1.807) is 7.11 Å². The summed E-state index contributed by atoms with van der Waals surface area (Å²) < 4.78 is 5.19. The zero-order chi connectivity index (χ0) is 11.7. The Balaban J connectivity index is 1.72. The van der Waals surface area contributed by atoms with Crippen LogP contribution in [0.4, 0.5) is 0 Å². The first-order chi connectivity index (χ1) is 8.36. The Morgan fingerprint density at radius 1 is 1.00 bits per heavy atom. The van der Waals surface area contributed by atoms with E-state index in [4.69, 9.17) is 4.74 Å². The largest absolute Gasteiger partial charge is 0.497 e. The van der Waals surface area contributed by atoms with Crippen molar-refractivity contribution in [2.75, 3.05) is 7.11 Å². The van der Waals surface area contributed by atoms with Crippen LogP contribution in [-0.4, -0.2) is 19.2 Å². The molecule has 3 rings (SSSR count). The van der Waals surface area contributed by atoms with Crippen molar-refractivity contribution in [1.29, 1.82) is 0 Å². The standard InChI is InChI=1S/C14H20N2O/c1-17-11-8-6-10(7-9-11)14-15-12-4-2-3-5-13(12)16-14/h6-9,12-16H,2-5H2,1H3. The van der Waals surface area contributed by atoms with Crippen LogP contribution in [0, 0.1) is 0 Å². The van der Waals surface area contributed by atoms with Gasteiger partial charge in [-0.2, -0.15) is 0 Å². The molecule has 0 amide bonds. The van der Waals surface area contributed by atoms with Crippen LogP contribution in [0.15, 0.2) is 24.3 Å². The molecule has 2 fully saturated rings. The van der Waals surface area contributed by atoms with Crippen LogP contribution in [0.2, 0.25) is 0 Å². The Kier molecular flexibility index (Phi) is 3.04. The smallest absolute Gasteiger partial charge is 0.118 e. The van der Waals surface area contributed by atoms with E-state index in [1.807, 2.05) is 12.1 Å². The Hall–Kier alpha value is -1.06. The van der Waals surface area contributed by atoms with E-state index in [-0.39, 0.29) is 0 Å². The second kappa shape index (κ2) is 4.67. The molecule has 1 saturated heterocycles. The Morgan fingerprint density at radius 2 is 1.59 bits per heavy atom. The zero-order valence-electron chi connectivity index (χ0n) is 10.3. The lowest BCUT2D eigenvalue weighted by molar-refractivity contribution is 0.374. The molecule has 1 aromatic rings. The number of benzene rings is 1. The van der Waals surface area contributed by atoms with E-state index >= 15 is 0 Å². The van der Waals surface area contributed by atoms with Gasteiger partial charge in [0.05, 0.1) is 13.3 Å². The summed E-state index contributed by atoms with van der Waals surface area (Å²) in [7, 11) is 1.70. The van der Waals surface area contributed by atoms with Gasteiger partial charge in [0, 0.05) is 12.1 Å². The summed E-state index contributed by atoms with van der Waals surface area (Å²) in [5, 5.41) is 7.39. The van der Waals surface area contributed by atoms with E-state index in [0.717, 1.165) is 5.75 Å². The van der Waals surface area contributed by atoms with Crippen molar-refractivity contribution >= 4 is 0 Å². The zero-order valence-corrected chi connectivity index (χ0v) is 10.3. The van der Waals surface area contributed by atoms with E-state index < -0.39 is 0 Å². The van der Waals surface area contributed by atoms with Crippen LogP contribution in [0.3, 0.4) is 0 Å². The molecule has 2 N–H and O–H groups in total. The molecule has 0 bridgehead atoms. The van der Waals surface area contributed by atoms with E-state index in [2.05, 4.69) is 22.8 Å². The molecular weight excluding hydrogens is 212 g/mol. The summed E-state index contributed by atoms with van der Waals surface area (Å²) >= 11 is 0. The van der Waals surface area contributed by atoms with Crippen LogP contribution < -0.4 is 15.4 Å². The van der Waals surface area contributed by atoms with Crippen LogP contribution in [0.25, 0.3) is 0 Å². The molecule has 0 radical (unpaired) electrons.